The van der Waals surface area contributed by atoms with Crippen molar-refractivity contribution in [2.45, 2.75) is 19.4 Å². The topological polar surface area (TPSA) is 37.8 Å². The minimum atomic E-state index is -0.844. The van der Waals surface area contributed by atoms with Crippen molar-refractivity contribution in [3.05, 3.63) is 46.0 Å². The average Bonchev–Trinajstić information content (AvgIpc) is 2.83. The molecular formula is C12H13F2N3S. The fraction of sp³-hybridized carbons (Fsp3) is 0.333. The summed E-state index contributed by atoms with van der Waals surface area (Å²) in [4.78, 5) is 0.824. The van der Waals surface area contributed by atoms with Crippen LogP contribution in [0.5, 0.6) is 0 Å². The maximum Gasteiger partial charge on any atom is 0.163 e. The first-order chi connectivity index (χ1) is 8.69. The zero-order valence-corrected chi connectivity index (χ0v) is 10.9. The second kappa shape index (κ2) is 5.49. The summed E-state index contributed by atoms with van der Waals surface area (Å²) in [7, 11) is 1.70. The van der Waals surface area contributed by atoms with Gasteiger partial charge in [0.15, 0.2) is 11.6 Å². The van der Waals surface area contributed by atoms with Crippen LogP contribution in [-0.2, 0) is 6.42 Å². The SMILES string of the molecule is CCc1nnsc1C(NC)c1cccc(F)c1F. The van der Waals surface area contributed by atoms with Gasteiger partial charge in [0.25, 0.3) is 0 Å². The van der Waals surface area contributed by atoms with Crippen LogP contribution in [0.25, 0.3) is 0 Å². The molecule has 1 heterocycles. The third-order valence-electron chi connectivity index (χ3n) is 2.76. The molecule has 1 aromatic carbocycles. The summed E-state index contributed by atoms with van der Waals surface area (Å²) in [5.41, 5.74) is 1.08. The van der Waals surface area contributed by atoms with E-state index in [1.54, 1.807) is 13.1 Å². The molecular weight excluding hydrogens is 256 g/mol. The molecule has 0 saturated carbocycles. The zero-order valence-electron chi connectivity index (χ0n) is 10.1. The van der Waals surface area contributed by atoms with E-state index in [4.69, 9.17) is 0 Å². The lowest BCUT2D eigenvalue weighted by Gasteiger charge is -2.16. The van der Waals surface area contributed by atoms with Crippen LogP contribution in [-0.4, -0.2) is 16.6 Å². The molecule has 0 spiro atoms. The number of hydrogen-bond acceptors (Lipinski definition) is 4. The molecule has 0 radical (unpaired) electrons. The number of aromatic nitrogens is 2. The van der Waals surface area contributed by atoms with Crippen LogP contribution in [0.2, 0.25) is 0 Å². The highest BCUT2D eigenvalue weighted by Crippen LogP contribution is 2.29. The van der Waals surface area contributed by atoms with Gasteiger partial charge in [-0.05, 0) is 31.1 Å². The Balaban J connectivity index is 2.49. The van der Waals surface area contributed by atoms with E-state index in [-0.39, 0.29) is 5.56 Å². The smallest absolute Gasteiger partial charge is 0.163 e. The van der Waals surface area contributed by atoms with Gasteiger partial charge in [0.1, 0.15) is 0 Å². The molecule has 1 N–H and O–H groups in total. The van der Waals surface area contributed by atoms with E-state index in [9.17, 15) is 8.78 Å². The summed E-state index contributed by atoms with van der Waals surface area (Å²) in [6.45, 7) is 1.95. The third kappa shape index (κ3) is 2.26. The van der Waals surface area contributed by atoms with Gasteiger partial charge in [0, 0.05) is 5.56 Å². The Kier molecular flexibility index (Phi) is 3.98. The van der Waals surface area contributed by atoms with Gasteiger partial charge in [0.05, 0.1) is 16.6 Å². The standard InChI is InChI=1S/C12H13F2N3S/c1-3-9-12(18-17-16-9)11(15-2)7-5-4-6-8(13)10(7)14/h4-6,11,15H,3H2,1-2H3. The van der Waals surface area contributed by atoms with E-state index in [2.05, 4.69) is 14.9 Å². The fourth-order valence-corrected chi connectivity index (χ4v) is 2.72. The molecule has 3 nitrogen and oxygen atoms in total. The van der Waals surface area contributed by atoms with Crippen LogP contribution in [0.15, 0.2) is 18.2 Å². The zero-order chi connectivity index (χ0) is 13.1. The first-order valence-electron chi connectivity index (χ1n) is 5.61. The van der Waals surface area contributed by atoms with E-state index in [1.807, 2.05) is 6.92 Å². The molecule has 6 heteroatoms. The highest BCUT2D eigenvalue weighted by Gasteiger charge is 2.23. The highest BCUT2D eigenvalue weighted by atomic mass is 32.1. The summed E-state index contributed by atoms with van der Waals surface area (Å²) >= 11 is 1.20. The molecule has 2 rings (SSSR count). The molecule has 0 amide bonds. The molecule has 1 atom stereocenters. The van der Waals surface area contributed by atoms with Crippen molar-refractivity contribution in [1.82, 2.24) is 14.9 Å². The number of rotatable bonds is 4. The van der Waals surface area contributed by atoms with Crippen LogP contribution < -0.4 is 5.32 Å². The Morgan fingerprint density at radius 1 is 1.39 bits per heavy atom. The van der Waals surface area contributed by atoms with Gasteiger partial charge in [-0.15, -0.1) is 5.10 Å². The molecule has 2 aromatic rings. The van der Waals surface area contributed by atoms with E-state index < -0.39 is 17.7 Å². The van der Waals surface area contributed by atoms with Gasteiger partial charge in [-0.1, -0.05) is 23.5 Å². The van der Waals surface area contributed by atoms with Gasteiger partial charge in [-0.3, -0.25) is 0 Å². The lowest BCUT2D eigenvalue weighted by atomic mass is 10.0. The van der Waals surface area contributed by atoms with Crippen molar-refractivity contribution in [2.75, 3.05) is 7.05 Å². The number of aryl methyl sites for hydroxylation is 1. The third-order valence-corrected chi connectivity index (χ3v) is 3.59. The van der Waals surface area contributed by atoms with Crippen LogP contribution >= 0.6 is 11.5 Å². The molecule has 0 fully saturated rings. The Labute approximate surface area is 108 Å². The number of nitrogens with one attached hydrogen (secondary N) is 1. The fourth-order valence-electron chi connectivity index (χ4n) is 1.85. The predicted octanol–water partition coefficient (Wildman–Crippen LogP) is 2.69. The van der Waals surface area contributed by atoms with Gasteiger partial charge in [-0.25, -0.2) is 8.78 Å². The summed E-state index contributed by atoms with van der Waals surface area (Å²) < 4.78 is 31.0. The van der Waals surface area contributed by atoms with Crippen molar-refractivity contribution < 1.29 is 8.78 Å². The Morgan fingerprint density at radius 3 is 2.83 bits per heavy atom. The summed E-state index contributed by atoms with van der Waals surface area (Å²) in [6.07, 6.45) is 0.709. The second-order valence-electron chi connectivity index (χ2n) is 3.80. The van der Waals surface area contributed by atoms with Crippen molar-refractivity contribution in [3.8, 4) is 0 Å². The van der Waals surface area contributed by atoms with Crippen LogP contribution in [0.4, 0.5) is 8.78 Å². The minimum absolute atomic E-state index is 0.276. The molecule has 96 valence electrons. The molecule has 1 aromatic heterocycles. The van der Waals surface area contributed by atoms with Crippen molar-refractivity contribution in [3.63, 3.8) is 0 Å². The maximum absolute atomic E-state index is 13.8. The first kappa shape index (κ1) is 13.0. The van der Waals surface area contributed by atoms with E-state index in [0.29, 0.717) is 6.42 Å². The highest BCUT2D eigenvalue weighted by molar-refractivity contribution is 7.05. The normalized spacial score (nSPS) is 12.7. The van der Waals surface area contributed by atoms with Crippen LogP contribution in [0.1, 0.15) is 29.1 Å². The average molecular weight is 269 g/mol. The Morgan fingerprint density at radius 2 is 2.17 bits per heavy atom. The van der Waals surface area contributed by atoms with Gasteiger partial charge >= 0.3 is 0 Å². The van der Waals surface area contributed by atoms with E-state index in [1.165, 1.54) is 17.6 Å². The van der Waals surface area contributed by atoms with Gasteiger partial charge in [-0.2, -0.15) is 0 Å². The largest absolute Gasteiger partial charge is 0.308 e. The second-order valence-corrected chi connectivity index (χ2v) is 4.59. The molecule has 0 aliphatic heterocycles. The first-order valence-corrected chi connectivity index (χ1v) is 6.38. The number of benzene rings is 1. The molecule has 0 aliphatic rings. The monoisotopic (exact) mass is 269 g/mol. The summed E-state index contributed by atoms with van der Waals surface area (Å²) in [6, 6.07) is 3.75. The predicted molar refractivity (Wildman–Crippen MR) is 66.5 cm³/mol. The van der Waals surface area contributed by atoms with Crippen molar-refractivity contribution in [2.24, 2.45) is 0 Å². The maximum atomic E-state index is 13.8. The molecule has 0 aliphatic carbocycles. The Hall–Kier alpha value is -1.40. The molecule has 0 saturated heterocycles. The molecule has 18 heavy (non-hydrogen) atoms. The number of halogens is 2. The minimum Gasteiger partial charge on any atom is -0.308 e. The molecule has 0 bridgehead atoms. The van der Waals surface area contributed by atoms with E-state index >= 15 is 0 Å². The van der Waals surface area contributed by atoms with Crippen molar-refractivity contribution >= 4 is 11.5 Å². The summed E-state index contributed by atoms with van der Waals surface area (Å²) in [5, 5.41) is 6.98. The Bertz CT molecular complexity index is 542. The van der Waals surface area contributed by atoms with Gasteiger partial charge < -0.3 is 5.32 Å². The van der Waals surface area contributed by atoms with Crippen LogP contribution in [0, 0.1) is 11.6 Å². The van der Waals surface area contributed by atoms with Crippen molar-refractivity contribution in [1.29, 1.82) is 0 Å². The van der Waals surface area contributed by atoms with Crippen LogP contribution in [0.3, 0.4) is 0 Å². The lowest BCUT2D eigenvalue weighted by Crippen LogP contribution is -2.19. The molecule has 1 unspecified atom stereocenters. The quantitative estimate of drug-likeness (QED) is 0.927. The lowest BCUT2D eigenvalue weighted by molar-refractivity contribution is 0.487. The van der Waals surface area contributed by atoms with Gasteiger partial charge in [0.2, 0.25) is 0 Å². The van der Waals surface area contributed by atoms with E-state index in [0.717, 1.165) is 16.6 Å². The number of nitrogens with zero attached hydrogens (tertiary/aromatic N) is 2. The summed E-state index contributed by atoms with van der Waals surface area (Å²) in [5.74, 6) is -1.67. The number of hydrogen-bond donors (Lipinski definition) is 1.